The Morgan fingerprint density at radius 2 is 1.53 bits per heavy atom. The van der Waals surface area contributed by atoms with Crippen LogP contribution in [0, 0.1) is 0 Å². The van der Waals surface area contributed by atoms with Crippen LogP contribution in [0.2, 0.25) is 0 Å². The average molecular weight is 471 g/mol. The maximum Gasteiger partial charge on any atom is 0.262 e. The summed E-state index contributed by atoms with van der Waals surface area (Å²) in [7, 11) is 0. The average Bonchev–Trinajstić information content (AvgIpc) is 3.08. The van der Waals surface area contributed by atoms with Crippen molar-refractivity contribution in [3.63, 3.8) is 0 Å². The molecule has 2 N–H and O–H groups in total. The molecule has 9 heteroatoms. The Kier molecular flexibility index (Phi) is 7.95. The maximum absolute atomic E-state index is 13.1. The van der Waals surface area contributed by atoms with E-state index in [2.05, 4.69) is 15.1 Å². The van der Waals surface area contributed by atoms with Crippen molar-refractivity contribution < 1.29 is 24.3 Å². The topological polar surface area (TPSA) is 110 Å². The number of rotatable bonds is 10. The SMILES string of the molecule is O=C1CCC(N2C(=O)c3ccc(N4CCN(CCCCCCCCO)CC4)cc3C2=O)C(=O)N1. The molecule has 2 saturated heterocycles. The first-order valence-electron chi connectivity index (χ1n) is 12.4. The summed E-state index contributed by atoms with van der Waals surface area (Å²) in [5.74, 6) is -1.90. The van der Waals surface area contributed by atoms with Gasteiger partial charge in [-0.1, -0.05) is 25.7 Å². The van der Waals surface area contributed by atoms with Crippen LogP contribution in [0.4, 0.5) is 5.69 Å². The molecule has 2 fully saturated rings. The second-order valence-corrected chi connectivity index (χ2v) is 9.35. The number of unbranched alkanes of at least 4 members (excludes halogenated alkanes) is 5. The lowest BCUT2D eigenvalue weighted by Crippen LogP contribution is -2.54. The summed E-state index contributed by atoms with van der Waals surface area (Å²) in [6, 6.07) is 4.38. The maximum atomic E-state index is 13.1. The van der Waals surface area contributed by atoms with Gasteiger partial charge in [0.15, 0.2) is 0 Å². The van der Waals surface area contributed by atoms with E-state index < -0.39 is 23.8 Å². The number of benzene rings is 1. The van der Waals surface area contributed by atoms with Crippen molar-refractivity contribution in [3.05, 3.63) is 29.3 Å². The van der Waals surface area contributed by atoms with Crippen molar-refractivity contribution >= 4 is 29.3 Å². The normalized spacial score (nSPS) is 21.3. The molecule has 4 rings (SSSR count). The minimum atomic E-state index is -0.938. The fraction of sp³-hybridized carbons (Fsp3) is 0.600. The Balaban J connectivity index is 1.30. The second-order valence-electron chi connectivity index (χ2n) is 9.35. The van der Waals surface area contributed by atoms with E-state index in [0.29, 0.717) is 11.1 Å². The Morgan fingerprint density at radius 3 is 2.24 bits per heavy atom. The van der Waals surface area contributed by atoms with E-state index in [1.807, 2.05) is 6.07 Å². The Morgan fingerprint density at radius 1 is 0.853 bits per heavy atom. The van der Waals surface area contributed by atoms with Gasteiger partial charge in [-0.05, 0) is 44.0 Å². The molecule has 3 aliphatic rings. The highest BCUT2D eigenvalue weighted by molar-refractivity contribution is 6.23. The van der Waals surface area contributed by atoms with Crippen LogP contribution in [0.15, 0.2) is 18.2 Å². The van der Waals surface area contributed by atoms with Crippen LogP contribution in [0.5, 0.6) is 0 Å². The molecule has 3 aliphatic heterocycles. The van der Waals surface area contributed by atoms with Gasteiger partial charge in [-0.15, -0.1) is 0 Å². The van der Waals surface area contributed by atoms with Crippen LogP contribution in [-0.4, -0.2) is 83.9 Å². The van der Waals surface area contributed by atoms with Gasteiger partial charge in [0.1, 0.15) is 6.04 Å². The number of hydrogen-bond acceptors (Lipinski definition) is 7. The number of carbonyl (C=O) groups excluding carboxylic acids is 4. The predicted octanol–water partition coefficient (Wildman–Crippen LogP) is 1.54. The number of nitrogens with zero attached hydrogens (tertiary/aromatic N) is 3. The molecule has 0 spiro atoms. The van der Waals surface area contributed by atoms with Crippen molar-refractivity contribution in [2.75, 3.05) is 44.2 Å². The number of carbonyl (C=O) groups is 4. The lowest BCUT2D eigenvalue weighted by Gasteiger charge is -2.36. The second kappa shape index (κ2) is 11.1. The molecule has 3 heterocycles. The third-order valence-electron chi connectivity index (χ3n) is 7.04. The highest BCUT2D eigenvalue weighted by Gasteiger charge is 2.44. The molecule has 0 aromatic heterocycles. The van der Waals surface area contributed by atoms with Crippen LogP contribution in [0.25, 0.3) is 0 Å². The van der Waals surface area contributed by atoms with Crippen molar-refractivity contribution in [1.82, 2.24) is 15.1 Å². The molecule has 184 valence electrons. The summed E-state index contributed by atoms with van der Waals surface area (Å²) in [5.41, 5.74) is 1.56. The number of nitrogens with one attached hydrogen (secondary N) is 1. The van der Waals surface area contributed by atoms with Crippen molar-refractivity contribution in [3.8, 4) is 0 Å². The van der Waals surface area contributed by atoms with E-state index in [-0.39, 0.29) is 25.4 Å². The van der Waals surface area contributed by atoms with Gasteiger partial charge in [-0.25, -0.2) is 0 Å². The zero-order chi connectivity index (χ0) is 24.1. The van der Waals surface area contributed by atoms with E-state index in [0.717, 1.165) is 56.2 Å². The van der Waals surface area contributed by atoms with E-state index in [9.17, 15) is 19.2 Å². The van der Waals surface area contributed by atoms with Gasteiger partial charge in [-0.3, -0.25) is 34.3 Å². The number of aliphatic hydroxyl groups excluding tert-OH is 1. The first-order valence-corrected chi connectivity index (χ1v) is 12.4. The molecule has 0 bridgehead atoms. The van der Waals surface area contributed by atoms with Crippen LogP contribution < -0.4 is 10.2 Å². The molecule has 0 saturated carbocycles. The van der Waals surface area contributed by atoms with Gasteiger partial charge in [0, 0.05) is 44.9 Å². The van der Waals surface area contributed by atoms with Gasteiger partial charge >= 0.3 is 0 Å². The van der Waals surface area contributed by atoms with E-state index in [1.165, 1.54) is 25.7 Å². The molecule has 1 atom stereocenters. The van der Waals surface area contributed by atoms with E-state index in [1.54, 1.807) is 12.1 Å². The Bertz CT molecular complexity index is 941. The van der Waals surface area contributed by atoms with E-state index in [4.69, 9.17) is 5.11 Å². The molecule has 1 unspecified atom stereocenters. The monoisotopic (exact) mass is 470 g/mol. The Labute approximate surface area is 200 Å². The molecular formula is C25H34N4O5. The van der Waals surface area contributed by atoms with Crippen LogP contribution >= 0.6 is 0 Å². The number of fused-ring (bicyclic) bond motifs is 1. The molecule has 9 nitrogen and oxygen atoms in total. The van der Waals surface area contributed by atoms with Gasteiger partial charge < -0.3 is 10.0 Å². The lowest BCUT2D eigenvalue weighted by atomic mass is 10.0. The number of piperazine rings is 1. The van der Waals surface area contributed by atoms with Crippen LogP contribution in [0.1, 0.15) is 72.1 Å². The summed E-state index contributed by atoms with van der Waals surface area (Å²) >= 11 is 0. The molecule has 34 heavy (non-hydrogen) atoms. The zero-order valence-corrected chi connectivity index (χ0v) is 19.6. The quantitative estimate of drug-likeness (QED) is 0.394. The summed E-state index contributed by atoms with van der Waals surface area (Å²) < 4.78 is 0. The third kappa shape index (κ3) is 5.31. The van der Waals surface area contributed by atoms with Crippen molar-refractivity contribution in [1.29, 1.82) is 0 Å². The number of imide groups is 2. The largest absolute Gasteiger partial charge is 0.396 e. The highest BCUT2D eigenvalue weighted by atomic mass is 16.3. The molecule has 0 radical (unpaired) electrons. The smallest absolute Gasteiger partial charge is 0.262 e. The number of amides is 4. The number of hydrogen-bond donors (Lipinski definition) is 2. The van der Waals surface area contributed by atoms with Crippen LogP contribution in [0.3, 0.4) is 0 Å². The van der Waals surface area contributed by atoms with Gasteiger partial charge in [0.2, 0.25) is 11.8 Å². The first kappa shape index (κ1) is 24.3. The van der Waals surface area contributed by atoms with Crippen molar-refractivity contribution in [2.24, 2.45) is 0 Å². The van der Waals surface area contributed by atoms with Crippen LogP contribution in [-0.2, 0) is 9.59 Å². The summed E-state index contributed by atoms with van der Waals surface area (Å²) in [6.45, 7) is 5.00. The molecular weight excluding hydrogens is 436 g/mol. The molecule has 1 aromatic carbocycles. The van der Waals surface area contributed by atoms with Gasteiger partial charge in [0.25, 0.3) is 11.8 Å². The van der Waals surface area contributed by atoms with Gasteiger partial charge in [0.05, 0.1) is 11.1 Å². The Hall–Kier alpha value is -2.78. The third-order valence-corrected chi connectivity index (χ3v) is 7.04. The molecule has 0 aliphatic carbocycles. The molecule has 4 amide bonds. The fourth-order valence-electron chi connectivity index (χ4n) is 5.04. The van der Waals surface area contributed by atoms with Gasteiger partial charge in [-0.2, -0.15) is 0 Å². The minimum Gasteiger partial charge on any atom is -0.396 e. The zero-order valence-electron chi connectivity index (χ0n) is 19.6. The van der Waals surface area contributed by atoms with Crippen molar-refractivity contribution in [2.45, 2.75) is 57.4 Å². The highest BCUT2D eigenvalue weighted by Crippen LogP contribution is 2.31. The standard InChI is InChI=1S/C25H34N4O5/c30-16-6-4-2-1-3-5-11-27-12-14-28(15-13-27)18-7-8-19-20(17-18)25(34)29(24(19)33)21-9-10-22(31)26-23(21)32/h7-8,17,21,30H,1-6,9-16H2,(H,26,31,32). The number of anilines is 1. The number of piperidine rings is 1. The first-order chi connectivity index (χ1) is 16.5. The predicted molar refractivity (Wildman–Crippen MR) is 127 cm³/mol. The summed E-state index contributed by atoms with van der Waals surface area (Å²) in [6.07, 6.45) is 7.10. The van der Waals surface area contributed by atoms with E-state index >= 15 is 0 Å². The summed E-state index contributed by atoms with van der Waals surface area (Å²) in [4.78, 5) is 55.3. The molecule has 1 aromatic rings. The number of aliphatic hydroxyl groups is 1. The lowest BCUT2D eigenvalue weighted by molar-refractivity contribution is -0.136. The fourth-order valence-corrected chi connectivity index (χ4v) is 5.04. The summed E-state index contributed by atoms with van der Waals surface area (Å²) in [5, 5.41) is 11.1. The minimum absolute atomic E-state index is 0.114.